The lowest BCUT2D eigenvalue weighted by molar-refractivity contribution is 0.00578. The minimum atomic E-state index is -0.509. The van der Waals surface area contributed by atoms with E-state index in [4.69, 9.17) is 9.31 Å². The first-order valence-electron chi connectivity index (χ1n) is 13.1. The van der Waals surface area contributed by atoms with Gasteiger partial charge in [0.1, 0.15) is 0 Å². The van der Waals surface area contributed by atoms with Crippen LogP contribution in [0.4, 0.5) is 0 Å². The van der Waals surface area contributed by atoms with Crippen LogP contribution in [0.5, 0.6) is 0 Å². The Kier molecular flexibility index (Phi) is 5.81. The molecule has 0 aromatic heterocycles. The molecule has 0 bridgehead atoms. The van der Waals surface area contributed by atoms with Crippen LogP contribution in [0.15, 0.2) is 91.0 Å². The summed E-state index contributed by atoms with van der Waals surface area (Å²) in [6.07, 6.45) is 0. The van der Waals surface area contributed by atoms with Crippen molar-refractivity contribution in [3.8, 4) is 34.4 Å². The van der Waals surface area contributed by atoms with E-state index in [0.29, 0.717) is 11.1 Å². The van der Waals surface area contributed by atoms with Gasteiger partial charge in [0.15, 0.2) is 0 Å². The van der Waals surface area contributed by atoms with Crippen LogP contribution < -0.4 is 5.46 Å². The highest BCUT2D eigenvalue weighted by atomic mass is 16.7. The van der Waals surface area contributed by atoms with Crippen molar-refractivity contribution in [2.45, 2.75) is 38.9 Å². The van der Waals surface area contributed by atoms with E-state index in [0.717, 1.165) is 49.3 Å². The Morgan fingerprint density at radius 1 is 0.538 bits per heavy atom. The number of rotatable bonds is 3. The van der Waals surface area contributed by atoms with Gasteiger partial charge in [-0.3, -0.25) is 0 Å². The van der Waals surface area contributed by atoms with Crippen molar-refractivity contribution in [3.05, 3.63) is 102 Å². The summed E-state index contributed by atoms with van der Waals surface area (Å²) in [6.45, 7) is 8.22. The van der Waals surface area contributed by atoms with Gasteiger partial charge < -0.3 is 9.31 Å². The van der Waals surface area contributed by atoms with Crippen LogP contribution in [0.3, 0.4) is 0 Å². The largest absolute Gasteiger partial charge is 0.494 e. The minimum Gasteiger partial charge on any atom is -0.399 e. The van der Waals surface area contributed by atoms with E-state index >= 15 is 0 Å². The van der Waals surface area contributed by atoms with Crippen LogP contribution in [0, 0.1) is 22.7 Å². The molecule has 1 heterocycles. The van der Waals surface area contributed by atoms with Crippen molar-refractivity contribution in [1.82, 2.24) is 0 Å². The first kappa shape index (κ1) is 24.9. The summed E-state index contributed by atoms with van der Waals surface area (Å²) in [5, 5.41) is 23.4. The zero-order chi connectivity index (χ0) is 27.4. The second kappa shape index (κ2) is 9.10. The summed E-state index contributed by atoms with van der Waals surface area (Å²) in [5.41, 5.74) is 5.40. The summed E-state index contributed by atoms with van der Waals surface area (Å²) in [5.74, 6) is 0. The molecule has 6 rings (SSSR count). The molecule has 0 saturated carbocycles. The Morgan fingerprint density at radius 2 is 0.974 bits per heavy atom. The van der Waals surface area contributed by atoms with Gasteiger partial charge >= 0.3 is 7.12 Å². The highest BCUT2D eigenvalue weighted by Crippen LogP contribution is 2.41. The topological polar surface area (TPSA) is 66.0 Å². The number of nitrogens with zero attached hydrogens (tertiary/aromatic N) is 2. The maximum Gasteiger partial charge on any atom is 0.494 e. The van der Waals surface area contributed by atoms with Crippen LogP contribution in [0.1, 0.15) is 38.8 Å². The fraction of sp³-hybridized carbons (Fsp3) is 0.176. The number of benzene rings is 5. The number of hydrogen-bond acceptors (Lipinski definition) is 4. The number of fused-ring (bicyclic) bond motifs is 2. The summed E-state index contributed by atoms with van der Waals surface area (Å²) in [6, 6.07) is 34.9. The Morgan fingerprint density at radius 3 is 1.46 bits per heavy atom. The molecule has 5 heteroatoms. The van der Waals surface area contributed by atoms with Gasteiger partial charge in [-0.15, -0.1) is 0 Å². The van der Waals surface area contributed by atoms with Crippen molar-refractivity contribution in [2.75, 3.05) is 0 Å². The Balaban J connectivity index is 1.64. The molecule has 5 aromatic carbocycles. The predicted molar refractivity (Wildman–Crippen MR) is 157 cm³/mol. The monoisotopic (exact) mass is 506 g/mol. The Bertz CT molecular complexity index is 1840. The maximum absolute atomic E-state index is 9.77. The van der Waals surface area contributed by atoms with Crippen molar-refractivity contribution in [3.63, 3.8) is 0 Å². The molecule has 1 aliphatic rings. The SMILES string of the molecule is CC1(C)OB(c2ccc(-c3ccc(C#N)c4ccccc34)c(-c3ccc(C#N)c4ccccc34)c2)OC1(C)C. The van der Waals surface area contributed by atoms with Crippen LogP contribution in [0.2, 0.25) is 0 Å². The summed E-state index contributed by atoms with van der Waals surface area (Å²) >= 11 is 0. The smallest absolute Gasteiger partial charge is 0.399 e. The second-order valence-electron chi connectivity index (χ2n) is 11.0. The second-order valence-corrected chi connectivity index (χ2v) is 11.0. The molecule has 1 fully saturated rings. The van der Waals surface area contributed by atoms with Gasteiger partial charge in [0, 0.05) is 10.8 Å². The molecule has 0 atom stereocenters. The molecule has 0 spiro atoms. The lowest BCUT2D eigenvalue weighted by Crippen LogP contribution is -2.41. The number of hydrogen-bond donors (Lipinski definition) is 0. The average Bonchev–Trinajstić information content (AvgIpc) is 3.17. The lowest BCUT2D eigenvalue weighted by Gasteiger charge is -2.32. The average molecular weight is 506 g/mol. The molecule has 188 valence electrons. The van der Waals surface area contributed by atoms with E-state index in [9.17, 15) is 10.5 Å². The molecule has 39 heavy (non-hydrogen) atoms. The van der Waals surface area contributed by atoms with Gasteiger partial charge in [0.2, 0.25) is 0 Å². The molecule has 0 amide bonds. The third-order valence-corrected chi connectivity index (χ3v) is 8.24. The van der Waals surface area contributed by atoms with Gasteiger partial charge in [-0.05, 0) is 78.3 Å². The van der Waals surface area contributed by atoms with Crippen molar-refractivity contribution in [2.24, 2.45) is 0 Å². The minimum absolute atomic E-state index is 0.457. The maximum atomic E-state index is 9.77. The highest BCUT2D eigenvalue weighted by molar-refractivity contribution is 6.62. The summed E-state index contributed by atoms with van der Waals surface area (Å²) in [7, 11) is -0.509. The molecule has 1 aliphatic heterocycles. The molecule has 5 aromatic rings. The molecule has 0 radical (unpaired) electrons. The van der Waals surface area contributed by atoms with Crippen LogP contribution in [-0.2, 0) is 9.31 Å². The quantitative estimate of drug-likeness (QED) is 0.240. The van der Waals surface area contributed by atoms with Gasteiger partial charge in [-0.2, -0.15) is 10.5 Å². The van der Waals surface area contributed by atoms with Crippen molar-refractivity contribution < 1.29 is 9.31 Å². The predicted octanol–water partition coefficient (Wildman–Crippen LogP) is 7.37. The molecule has 0 unspecified atom stereocenters. The van der Waals surface area contributed by atoms with E-state index in [1.165, 1.54) is 0 Å². The van der Waals surface area contributed by atoms with Crippen molar-refractivity contribution in [1.29, 1.82) is 10.5 Å². The molecule has 4 nitrogen and oxygen atoms in total. The third-order valence-electron chi connectivity index (χ3n) is 8.24. The van der Waals surface area contributed by atoms with Crippen LogP contribution in [-0.4, -0.2) is 18.3 Å². The highest BCUT2D eigenvalue weighted by Gasteiger charge is 2.51. The van der Waals surface area contributed by atoms with E-state index in [1.807, 2.05) is 60.7 Å². The van der Waals surface area contributed by atoms with Crippen LogP contribution in [0.25, 0.3) is 43.8 Å². The summed E-state index contributed by atoms with van der Waals surface area (Å²) < 4.78 is 12.8. The Hall–Kier alpha value is -4.42. The van der Waals surface area contributed by atoms with Crippen molar-refractivity contribution >= 4 is 34.1 Å². The fourth-order valence-corrected chi connectivity index (χ4v) is 5.41. The van der Waals surface area contributed by atoms with Gasteiger partial charge in [0.05, 0.1) is 34.5 Å². The van der Waals surface area contributed by atoms with Gasteiger partial charge in [-0.1, -0.05) is 78.9 Å². The zero-order valence-electron chi connectivity index (χ0n) is 22.4. The van der Waals surface area contributed by atoms with E-state index in [-0.39, 0.29) is 0 Å². The Labute approximate surface area is 229 Å². The zero-order valence-corrected chi connectivity index (χ0v) is 22.4. The molecule has 1 saturated heterocycles. The fourth-order valence-electron chi connectivity index (χ4n) is 5.41. The standard InChI is InChI=1S/C34H27BN2O2/c1-33(2)34(3,4)39-35(38-33)24-15-18-31(29-16-13-22(20-36)25-9-5-7-11-27(25)29)32(19-24)30-17-14-23(21-37)26-10-6-8-12-28(26)30/h5-19H,1-4H3. The number of nitriles is 2. The lowest BCUT2D eigenvalue weighted by atomic mass is 9.76. The first-order chi connectivity index (χ1) is 18.7. The molecule has 0 N–H and O–H groups in total. The molecular formula is C34H27BN2O2. The normalized spacial score (nSPS) is 15.8. The first-order valence-corrected chi connectivity index (χ1v) is 13.1. The molecular weight excluding hydrogens is 479 g/mol. The summed E-state index contributed by atoms with van der Waals surface area (Å²) in [4.78, 5) is 0. The molecule has 0 aliphatic carbocycles. The van der Waals surface area contributed by atoms with E-state index in [1.54, 1.807) is 0 Å². The van der Waals surface area contributed by atoms with Gasteiger partial charge in [-0.25, -0.2) is 0 Å². The van der Waals surface area contributed by atoms with E-state index in [2.05, 4.69) is 70.2 Å². The third kappa shape index (κ3) is 3.99. The van der Waals surface area contributed by atoms with Crippen LogP contribution >= 0.6 is 0 Å². The van der Waals surface area contributed by atoms with E-state index < -0.39 is 18.3 Å². The van der Waals surface area contributed by atoms with Gasteiger partial charge in [0.25, 0.3) is 0 Å².